The second kappa shape index (κ2) is 48.4. The molecule has 0 aliphatic heterocycles. The summed E-state index contributed by atoms with van der Waals surface area (Å²) in [7, 11) is 0. The van der Waals surface area contributed by atoms with Gasteiger partial charge in [0.2, 0.25) is 0 Å². The molecule has 0 bridgehead atoms. The third-order valence-electron chi connectivity index (χ3n) is 14.5. The normalized spacial score (nSPS) is 12.1. The first kappa shape index (κ1) is 65.2. The van der Waals surface area contributed by atoms with E-state index in [1.54, 1.807) is 0 Å². The van der Waals surface area contributed by atoms with E-state index in [1.165, 1.54) is 266 Å². The second-order valence-electron chi connectivity index (χ2n) is 21.3. The second-order valence-corrected chi connectivity index (χ2v) is 21.3. The largest absolute Gasteiger partial charge is 0.251 e. The zero-order valence-corrected chi connectivity index (χ0v) is 48.5. The SMILES string of the molecule is CCCCCCCCCCCCCCCCCCCCCCCCCCCC/C=C/C(=Nc1cc(CCCCC)cc(CCCCC)c1)C(CC)=Nc1cc(CCCCC)cc(CCCCC)c1.[Pd]. The molecule has 2 aromatic carbocycles. The Labute approximate surface area is 445 Å². The maximum absolute atomic E-state index is 5.50. The Morgan fingerprint density at radius 1 is 0.319 bits per heavy atom. The zero-order valence-electron chi connectivity index (χ0n) is 46.9. The molecule has 0 unspecified atom stereocenters. The molecule has 0 aromatic heterocycles. The summed E-state index contributed by atoms with van der Waals surface area (Å²) < 4.78 is 0. The van der Waals surface area contributed by atoms with E-state index in [0.29, 0.717) is 0 Å². The summed E-state index contributed by atoms with van der Waals surface area (Å²) in [4.78, 5) is 11.0. The first-order chi connectivity index (χ1) is 33.6. The van der Waals surface area contributed by atoms with Gasteiger partial charge in [-0.2, -0.15) is 0 Å². The number of hydrogen-bond donors (Lipinski definition) is 0. The number of hydrogen-bond acceptors (Lipinski definition) is 2. The van der Waals surface area contributed by atoms with Crippen LogP contribution in [0.15, 0.2) is 58.5 Å². The molecule has 0 aliphatic rings. The van der Waals surface area contributed by atoms with Crippen LogP contribution in [0.4, 0.5) is 11.4 Å². The van der Waals surface area contributed by atoms with Crippen molar-refractivity contribution in [3.8, 4) is 0 Å². The van der Waals surface area contributed by atoms with Crippen LogP contribution in [-0.2, 0) is 46.1 Å². The number of aryl methyl sites for hydroxylation is 4. The quantitative estimate of drug-likeness (QED) is 0.0358. The van der Waals surface area contributed by atoms with E-state index in [2.05, 4.69) is 90.1 Å². The molecular formula is C66H114N2Pd. The molecule has 69 heavy (non-hydrogen) atoms. The van der Waals surface area contributed by atoms with E-state index in [-0.39, 0.29) is 20.4 Å². The minimum Gasteiger partial charge on any atom is -0.251 e. The monoisotopic (exact) mass is 1040 g/mol. The van der Waals surface area contributed by atoms with Crippen molar-refractivity contribution in [2.24, 2.45) is 9.98 Å². The van der Waals surface area contributed by atoms with Crippen molar-refractivity contribution in [1.29, 1.82) is 0 Å². The number of aliphatic imine (C=N–C) groups is 2. The van der Waals surface area contributed by atoms with Gasteiger partial charge in [-0.05, 0) is 123 Å². The fourth-order valence-electron chi connectivity index (χ4n) is 10.1. The summed E-state index contributed by atoms with van der Waals surface area (Å²) in [6, 6.07) is 14.4. The van der Waals surface area contributed by atoms with Crippen molar-refractivity contribution in [3.63, 3.8) is 0 Å². The molecule has 0 spiro atoms. The number of nitrogens with zero attached hydrogens (tertiary/aromatic N) is 2. The van der Waals surface area contributed by atoms with Gasteiger partial charge in [0.05, 0.1) is 22.8 Å². The average Bonchev–Trinajstić information content (AvgIpc) is 3.34. The molecule has 0 atom stereocenters. The van der Waals surface area contributed by atoms with Crippen LogP contribution in [0.25, 0.3) is 0 Å². The van der Waals surface area contributed by atoms with E-state index in [9.17, 15) is 0 Å². The number of unbranched alkanes of at least 4 members (excludes halogenated alkanes) is 34. The van der Waals surface area contributed by atoms with Crippen molar-refractivity contribution < 1.29 is 20.4 Å². The van der Waals surface area contributed by atoms with Crippen LogP contribution >= 0.6 is 0 Å². The fourth-order valence-corrected chi connectivity index (χ4v) is 10.1. The van der Waals surface area contributed by atoms with E-state index >= 15 is 0 Å². The van der Waals surface area contributed by atoms with E-state index in [0.717, 1.165) is 61.3 Å². The maximum Gasteiger partial charge on any atom is 0.0848 e. The van der Waals surface area contributed by atoms with Crippen molar-refractivity contribution in [2.45, 2.75) is 324 Å². The first-order valence-electron chi connectivity index (χ1n) is 30.6. The van der Waals surface area contributed by atoms with Gasteiger partial charge in [0.25, 0.3) is 0 Å². The summed E-state index contributed by atoms with van der Waals surface area (Å²) in [5.41, 5.74) is 10.2. The molecule has 0 saturated carbocycles. The molecule has 0 heterocycles. The topological polar surface area (TPSA) is 24.7 Å². The van der Waals surface area contributed by atoms with Gasteiger partial charge in [0, 0.05) is 20.4 Å². The van der Waals surface area contributed by atoms with Gasteiger partial charge in [-0.15, -0.1) is 0 Å². The summed E-state index contributed by atoms with van der Waals surface area (Å²) in [5, 5.41) is 0. The number of benzene rings is 2. The molecule has 0 fully saturated rings. The van der Waals surface area contributed by atoms with Gasteiger partial charge in [-0.25, -0.2) is 4.99 Å². The minimum absolute atomic E-state index is 0. The smallest absolute Gasteiger partial charge is 0.0848 e. The van der Waals surface area contributed by atoms with E-state index in [4.69, 9.17) is 9.98 Å². The predicted molar refractivity (Wildman–Crippen MR) is 310 cm³/mol. The summed E-state index contributed by atoms with van der Waals surface area (Å²) in [6.07, 6.45) is 63.9. The third kappa shape index (κ3) is 36.7. The molecule has 2 nitrogen and oxygen atoms in total. The molecule has 0 N–H and O–H groups in total. The maximum atomic E-state index is 5.50. The van der Waals surface area contributed by atoms with Crippen LogP contribution in [0.3, 0.4) is 0 Å². The Morgan fingerprint density at radius 3 is 0.870 bits per heavy atom. The molecule has 0 saturated heterocycles. The van der Waals surface area contributed by atoms with E-state index < -0.39 is 0 Å². The van der Waals surface area contributed by atoms with Crippen LogP contribution in [-0.4, -0.2) is 11.4 Å². The standard InChI is InChI=1S/C66H114N2.Pd/c1-7-13-18-19-20-21-22-23-24-25-26-27-28-29-30-31-32-33-34-35-36-37-38-39-40-41-42-47-52-66(68-64-57-61(50-45-16-10-4)54-62(58-64)51-46-17-11-5)65(12-6)67-63-55-59(48-43-14-8-2)53-60(56-63)49-44-15-9-3;/h47,52-58H,7-46,48-51H2,1-6H3;/b52-47+,67-65?,68-66?;. The van der Waals surface area contributed by atoms with Gasteiger partial charge < -0.3 is 0 Å². The Balaban J connectivity index is 0.0000238. The van der Waals surface area contributed by atoms with Gasteiger partial charge in [-0.1, -0.05) is 272 Å². The molecule has 2 rings (SSSR count). The Bertz CT molecular complexity index is 1480. The van der Waals surface area contributed by atoms with Crippen LogP contribution < -0.4 is 0 Å². The number of rotatable bonds is 48. The molecule has 398 valence electrons. The zero-order chi connectivity index (χ0) is 48.8. The van der Waals surface area contributed by atoms with Crippen LogP contribution in [0, 0.1) is 0 Å². The molecule has 3 heteroatoms. The average molecular weight is 1040 g/mol. The van der Waals surface area contributed by atoms with Crippen molar-refractivity contribution in [2.75, 3.05) is 0 Å². The van der Waals surface area contributed by atoms with Gasteiger partial charge >= 0.3 is 0 Å². The Morgan fingerprint density at radius 2 is 0.580 bits per heavy atom. The molecule has 2 aromatic rings. The minimum atomic E-state index is 0. The van der Waals surface area contributed by atoms with E-state index in [1.807, 2.05) is 0 Å². The summed E-state index contributed by atoms with van der Waals surface area (Å²) >= 11 is 0. The molecule has 0 radical (unpaired) electrons. The molecular weight excluding hydrogens is 927 g/mol. The molecule has 0 amide bonds. The van der Waals surface area contributed by atoms with Gasteiger partial charge in [0.15, 0.2) is 0 Å². The third-order valence-corrected chi connectivity index (χ3v) is 14.5. The summed E-state index contributed by atoms with van der Waals surface area (Å²) in [5.74, 6) is 0. The van der Waals surface area contributed by atoms with Gasteiger partial charge in [-0.3, -0.25) is 4.99 Å². The number of allylic oxidation sites excluding steroid dienone is 2. The summed E-state index contributed by atoms with van der Waals surface area (Å²) in [6.45, 7) is 13.8. The predicted octanol–water partition coefficient (Wildman–Crippen LogP) is 23.0. The van der Waals surface area contributed by atoms with Crippen molar-refractivity contribution >= 4 is 22.8 Å². The Hall–Kier alpha value is -1.82. The first-order valence-corrected chi connectivity index (χ1v) is 30.6. The van der Waals surface area contributed by atoms with Gasteiger partial charge in [0.1, 0.15) is 0 Å². The van der Waals surface area contributed by atoms with Crippen LogP contribution in [0.1, 0.15) is 321 Å². The fraction of sp³-hybridized carbons (Fsp3) is 0.758. The van der Waals surface area contributed by atoms with Crippen LogP contribution in [0.2, 0.25) is 0 Å². The Kier molecular flexibility index (Phi) is 45.8. The van der Waals surface area contributed by atoms with Crippen molar-refractivity contribution in [1.82, 2.24) is 0 Å². The van der Waals surface area contributed by atoms with Crippen molar-refractivity contribution in [3.05, 3.63) is 70.8 Å². The van der Waals surface area contributed by atoms with Crippen LogP contribution in [0.5, 0.6) is 0 Å². The molecule has 0 aliphatic carbocycles.